The third kappa shape index (κ3) is 6.62. The van der Waals surface area contributed by atoms with Gasteiger partial charge < -0.3 is 18.9 Å². The first-order valence-corrected chi connectivity index (χ1v) is 15.2. The number of carbonyl (C=O) groups excluding carboxylic acids is 1. The number of carbonyl (C=O) groups is 1. The molecule has 41 heavy (non-hydrogen) atoms. The first-order valence-electron chi connectivity index (χ1n) is 13.3. The minimum atomic E-state index is -3.95. The van der Waals surface area contributed by atoms with Crippen LogP contribution in [0.15, 0.2) is 59.5 Å². The Kier molecular flexibility index (Phi) is 9.19. The molecule has 0 aromatic heterocycles. The van der Waals surface area contributed by atoms with Crippen LogP contribution in [0.1, 0.15) is 55.6 Å². The molecule has 10 heteroatoms. The van der Waals surface area contributed by atoms with Crippen LogP contribution in [0.25, 0.3) is 0 Å². The molecular weight excluding hydrogens is 571 g/mol. The molecular formula is C31H34ClFO7S. The lowest BCUT2D eigenvalue weighted by Gasteiger charge is -2.35. The molecule has 0 N–H and O–H groups in total. The molecule has 2 unspecified atom stereocenters. The highest BCUT2D eigenvalue weighted by molar-refractivity contribution is 7.91. The summed E-state index contributed by atoms with van der Waals surface area (Å²) in [7, 11) is -2.47. The van der Waals surface area contributed by atoms with Crippen molar-refractivity contribution in [3.63, 3.8) is 0 Å². The lowest BCUT2D eigenvalue weighted by Crippen LogP contribution is -2.37. The summed E-state index contributed by atoms with van der Waals surface area (Å²) in [4.78, 5) is 12.7. The summed E-state index contributed by atoms with van der Waals surface area (Å²) in [5, 5.41) is -0.783. The Hall–Kier alpha value is -3.30. The van der Waals surface area contributed by atoms with E-state index in [9.17, 15) is 17.6 Å². The zero-order valence-corrected chi connectivity index (χ0v) is 25.3. The monoisotopic (exact) mass is 604 g/mol. The molecule has 0 spiro atoms. The molecule has 3 aromatic carbocycles. The Labute approximate surface area is 245 Å². The zero-order valence-electron chi connectivity index (χ0n) is 23.7. The first-order chi connectivity index (χ1) is 19.4. The largest absolute Gasteiger partial charge is 0.496 e. The fourth-order valence-electron chi connectivity index (χ4n) is 4.93. The highest BCUT2D eigenvalue weighted by Crippen LogP contribution is 2.46. The molecule has 3 aromatic rings. The molecule has 0 radical (unpaired) electrons. The van der Waals surface area contributed by atoms with Gasteiger partial charge in [0.25, 0.3) is 0 Å². The first kappa shape index (κ1) is 30.7. The fraction of sp³-hybridized carbons (Fsp3) is 0.387. The van der Waals surface area contributed by atoms with E-state index < -0.39 is 32.4 Å². The number of methoxy groups -OCH3 is 1. The molecule has 0 saturated carbocycles. The standard InChI is InChI=1S/C31H34ClFO7S/c1-6-38-30(34)31(3,4)17-21-15-29(41(35,36)22-12-10-19(2)28(16-22)37-5)23-14-20(11-13-27(23)40-21)39-18-24-25(32)8-7-9-26(24)33/h7-14,16,21,29H,6,15,17-18H2,1-5H3. The van der Waals surface area contributed by atoms with E-state index in [2.05, 4.69) is 0 Å². The maximum Gasteiger partial charge on any atom is 0.311 e. The minimum absolute atomic E-state index is 0.0942. The molecule has 0 amide bonds. The van der Waals surface area contributed by atoms with Gasteiger partial charge in [0.05, 0.1) is 34.3 Å². The highest BCUT2D eigenvalue weighted by atomic mass is 35.5. The van der Waals surface area contributed by atoms with Gasteiger partial charge in [-0.1, -0.05) is 23.7 Å². The summed E-state index contributed by atoms with van der Waals surface area (Å²) in [6.07, 6.45) is -0.242. The van der Waals surface area contributed by atoms with Gasteiger partial charge >= 0.3 is 5.97 Å². The predicted molar refractivity (Wildman–Crippen MR) is 154 cm³/mol. The summed E-state index contributed by atoms with van der Waals surface area (Å²) < 4.78 is 65.3. The average Bonchev–Trinajstić information content (AvgIpc) is 2.92. The summed E-state index contributed by atoms with van der Waals surface area (Å²) in [5.41, 5.74) is 0.504. The van der Waals surface area contributed by atoms with E-state index in [-0.39, 0.29) is 47.5 Å². The van der Waals surface area contributed by atoms with Gasteiger partial charge in [0, 0.05) is 17.5 Å². The van der Waals surface area contributed by atoms with Crippen molar-refractivity contribution in [3.8, 4) is 17.2 Å². The third-order valence-corrected chi connectivity index (χ3v) is 9.65. The second-order valence-corrected chi connectivity index (χ2v) is 13.2. The number of benzene rings is 3. The third-order valence-electron chi connectivity index (χ3n) is 7.19. The summed E-state index contributed by atoms with van der Waals surface area (Å²) in [6, 6.07) is 14.0. The van der Waals surface area contributed by atoms with Crippen LogP contribution < -0.4 is 14.2 Å². The molecule has 0 bridgehead atoms. The van der Waals surface area contributed by atoms with Gasteiger partial charge in [0.2, 0.25) is 0 Å². The number of fused-ring (bicyclic) bond motifs is 1. The molecule has 1 heterocycles. The van der Waals surface area contributed by atoms with E-state index in [0.29, 0.717) is 22.8 Å². The van der Waals surface area contributed by atoms with Crippen molar-refractivity contribution in [2.45, 2.75) is 63.4 Å². The van der Waals surface area contributed by atoms with Gasteiger partial charge in [0.1, 0.15) is 35.8 Å². The topological polar surface area (TPSA) is 88.1 Å². The van der Waals surface area contributed by atoms with Crippen molar-refractivity contribution < 1.29 is 36.6 Å². The zero-order chi connectivity index (χ0) is 29.9. The fourth-order valence-corrected chi connectivity index (χ4v) is 7.00. The van der Waals surface area contributed by atoms with Gasteiger partial charge in [-0.3, -0.25) is 4.79 Å². The van der Waals surface area contributed by atoms with Gasteiger partial charge in [-0.25, -0.2) is 12.8 Å². The van der Waals surface area contributed by atoms with Crippen LogP contribution in [0.2, 0.25) is 5.02 Å². The van der Waals surface area contributed by atoms with Crippen molar-refractivity contribution >= 4 is 27.4 Å². The summed E-state index contributed by atoms with van der Waals surface area (Å²) in [6.45, 7) is 7.17. The molecule has 7 nitrogen and oxygen atoms in total. The Morgan fingerprint density at radius 3 is 2.59 bits per heavy atom. The lowest BCUT2D eigenvalue weighted by atomic mass is 9.84. The second-order valence-electron chi connectivity index (χ2n) is 10.6. The number of hydrogen-bond donors (Lipinski definition) is 0. The number of aryl methyl sites for hydroxylation is 1. The van der Waals surface area contributed by atoms with Crippen molar-refractivity contribution in [2.75, 3.05) is 13.7 Å². The van der Waals surface area contributed by atoms with Crippen molar-refractivity contribution in [2.24, 2.45) is 5.41 Å². The molecule has 1 aliphatic rings. The van der Waals surface area contributed by atoms with Gasteiger partial charge in [-0.05, 0) is 82.1 Å². The number of esters is 1. The van der Waals surface area contributed by atoms with E-state index in [1.807, 2.05) is 6.92 Å². The van der Waals surface area contributed by atoms with Crippen LogP contribution in [0.4, 0.5) is 4.39 Å². The smallest absolute Gasteiger partial charge is 0.311 e. The molecule has 0 aliphatic carbocycles. The summed E-state index contributed by atoms with van der Waals surface area (Å²) >= 11 is 6.15. The predicted octanol–water partition coefficient (Wildman–Crippen LogP) is 7.02. The SMILES string of the molecule is CCOC(=O)C(C)(C)CC1CC(S(=O)(=O)c2ccc(C)c(OC)c2)c2cc(OCc3c(F)cccc3Cl)ccc2O1. The van der Waals surface area contributed by atoms with Crippen LogP contribution in [0.5, 0.6) is 17.2 Å². The Bertz CT molecular complexity index is 1520. The molecule has 2 atom stereocenters. The number of rotatable bonds is 10. The van der Waals surface area contributed by atoms with E-state index in [1.165, 1.54) is 25.3 Å². The normalized spacial score (nSPS) is 16.9. The molecule has 0 saturated heterocycles. The van der Waals surface area contributed by atoms with Crippen LogP contribution >= 0.6 is 11.6 Å². The van der Waals surface area contributed by atoms with Gasteiger partial charge in [0.15, 0.2) is 9.84 Å². The van der Waals surface area contributed by atoms with E-state index >= 15 is 0 Å². The van der Waals surface area contributed by atoms with E-state index in [1.54, 1.807) is 57.2 Å². The average molecular weight is 605 g/mol. The maximum absolute atomic E-state index is 14.3. The number of hydrogen-bond acceptors (Lipinski definition) is 7. The molecule has 220 valence electrons. The van der Waals surface area contributed by atoms with E-state index in [0.717, 1.165) is 5.56 Å². The maximum atomic E-state index is 14.3. The Morgan fingerprint density at radius 2 is 1.90 bits per heavy atom. The van der Waals surface area contributed by atoms with Crippen molar-refractivity contribution in [3.05, 3.63) is 82.1 Å². The molecule has 4 rings (SSSR count). The molecule has 1 aliphatic heterocycles. The Morgan fingerprint density at radius 1 is 1.15 bits per heavy atom. The minimum Gasteiger partial charge on any atom is -0.496 e. The highest BCUT2D eigenvalue weighted by Gasteiger charge is 2.42. The van der Waals surface area contributed by atoms with E-state index in [4.69, 9.17) is 30.5 Å². The molecule has 0 fully saturated rings. The van der Waals surface area contributed by atoms with Crippen LogP contribution in [0.3, 0.4) is 0 Å². The second kappa shape index (κ2) is 12.3. The van der Waals surface area contributed by atoms with Crippen molar-refractivity contribution in [1.82, 2.24) is 0 Å². The number of sulfone groups is 1. The van der Waals surface area contributed by atoms with Crippen LogP contribution in [-0.4, -0.2) is 34.2 Å². The van der Waals surface area contributed by atoms with Crippen molar-refractivity contribution in [1.29, 1.82) is 0 Å². The number of halogens is 2. The summed E-state index contributed by atoms with van der Waals surface area (Å²) in [5.74, 6) is 0.271. The van der Waals surface area contributed by atoms with Crippen LogP contribution in [0, 0.1) is 18.2 Å². The quantitative estimate of drug-likeness (QED) is 0.230. The number of ether oxygens (including phenoxy) is 4. The van der Waals surface area contributed by atoms with Crippen LogP contribution in [-0.2, 0) is 26.0 Å². The lowest BCUT2D eigenvalue weighted by molar-refractivity contribution is -0.155. The van der Waals surface area contributed by atoms with Gasteiger partial charge in [-0.15, -0.1) is 0 Å². The van der Waals surface area contributed by atoms with Gasteiger partial charge in [-0.2, -0.15) is 0 Å². The Balaban J connectivity index is 1.72.